The fraction of sp³-hybridized carbons (Fsp3) is 0.571. The number of carbonyl (C=O) groups is 1. The van der Waals surface area contributed by atoms with Crippen molar-refractivity contribution in [1.82, 2.24) is 4.90 Å². The molecule has 5 heteroatoms. The summed E-state index contributed by atoms with van der Waals surface area (Å²) in [6.45, 7) is 5.19. The first-order valence-electron chi connectivity index (χ1n) is 9.78. The van der Waals surface area contributed by atoms with Gasteiger partial charge in [0.25, 0.3) is 5.91 Å². The Morgan fingerprint density at radius 3 is 2.46 bits per heavy atom. The van der Waals surface area contributed by atoms with Crippen molar-refractivity contribution >= 4 is 5.91 Å². The highest BCUT2D eigenvalue weighted by Crippen LogP contribution is 2.42. The summed E-state index contributed by atoms with van der Waals surface area (Å²) in [5.74, 6) is 4.11. The fourth-order valence-corrected chi connectivity index (χ4v) is 4.68. The van der Waals surface area contributed by atoms with Crippen molar-refractivity contribution in [1.29, 1.82) is 0 Å². The highest BCUT2D eigenvalue weighted by atomic mass is 16.5. The number of benzene rings is 1. The molecular weight excluding hydrogens is 328 g/mol. The Hall–Kier alpha value is -2.01. The van der Waals surface area contributed by atoms with Crippen LogP contribution in [0.5, 0.6) is 11.5 Å². The quantitative estimate of drug-likeness (QED) is 0.773. The first kappa shape index (κ1) is 17.4. The van der Waals surface area contributed by atoms with Gasteiger partial charge in [-0.3, -0.25) is 4.79 Å². The molecule has 2 fully saturated rings. The summed E-state index contributed by atoms with van der Waals surface area (Å²) in [7, 11) is 1.63. The minimum absolute atomic E-state index is 0.0859. The number of amides is 1. The monoisotopic (exact) mass is 357 g/mol. The molecule has 2 aliphatic carbocycles. The molecule has 1 aromatic rings. The van der Waals surface area contributed by atoms with Crippen molar-refractivity contribution in [2.24, 2.45) is 17.8 Å². The fourth-order valence-electron chi connectivity index (χ4n) is 4.68. The molecule has 5 nitrogen and oxygen atoms in total. The van der Waals surface area contributed by atoms with Crippen LogP contribution in [0, 0.1) is 17.8 Å². The molecule has 1 aromatic carbocycles. The lowest BCUT2D eigenvalue weighted by Gasteiger charge is -2.34. The maximum Gasteiger partial charge on any atom is 0.260 e. The van der Waals surface area contributed by atoms with Crippen molar-refractivity contribution < 1.29 is 19.2 Å². The van der Waals surface area contributed by atoms with E-state index in [2.05, 4.69) is 12.2 Å². The number of hydrogen-bond donors (Lipinski definition) is 1. The molecule has 1 aliphatic heterocycles. The van der Waals surface area contributed by atoms with E-state index in [4.69, 9.17) is 9.47 Å². The van der Waals surface area contributed by atoms with Gasteiger partial charge in [0.15, 0.2) is 6.61 Å². The van der Waals surface area contributed by atoms with Gasteiger partial charge in [-0.1, -0.05) is 12.2 Å². The Balaban J connectivity index is 1.19. The van der Waals surface area contributed by atoms with Crippen LogP contribution in [0.3, 0.4) is 0 Å². The van der Waals surface area contributed by atoms with E-state index in [-0.39, 0.29) is 12.5 Å². The number of allylic oxidation sites excluding steroid dienone is 2. The third-order valence-corrected chi connectivity index (χ3v) is 6.21. The SMILES string of the molecule is COc1ccc(OCC(=O)N2CC[NH+](C[C@H]3C[C@@H]4C=C[C@H]3C4)CC2)cc1. The second-order valence-corrected chi connectivity index (χ2v) is 7.84. The molecule has 26 heavy (non-hydrogen) atoms. The number of fused-ring (bicyclic) bond motifs is 2. The Labute approximate surface area is 155 Å². The molecular formula is C21H29N2O3+. The predicted molar refractivity (Wildman–Crippen MR) is 99.5 cm³/mol. The molecule has 0 radical (unpaired) electrons. The maximum absolute atomic E-state index is 12.4. The maximum atomic E-state index is 12.4. The Kier molecular flexibility index (Phi) is 5.16. The van der Waals surface area contributed by atoms with Gasteiger partial charge in [-0.05, 0) is 48.9 Å². The number of rotatable bonds is 6. The van der Waals surface area contributed by atoms with E-state index in [0.717, 1.165) is 49.7 Å². The molecule has 4 rings (SSSR count). The van der Waals surface area contributed by atoms with Gasteiger partial charge < -0.3 is 19.3 Å². The number of hydrogen-bond acceptors (Lipinski definition) is 3. The van der Waals surface area contributed by atoms with Gasteiger partial charge >= 0.3 is 0 Å². The van der Waals surface area contributed by atoms with Crippen molar-refractivity contribution in [3.05, 3.63) is 36.4 Å². The number of piperazine rings is 1. The van der Waals surface area contributed by atoms with Crippen molar-refractivity contribution in [2.75, 3.05) is 46.4 Å². The van der Waals surface area contributed by atoms with E-state index in [1.54, 1.807) is 12.0 Å². The molecule has 1 saturated carbocycles. The van der Waals surface area contributed by atoms with Crippen molar-refractivity contribution in [3.8, 4) is 11.5 Å². The summed E-state index contributed by atoms with van der Waals surface area (Å²) in [6.07, 6.45) is 7.61. The molecule has 140 valence electrons. The summed E-state index contributed by atoms with van der Waals surface area (Å²) < 4.78 is 10.8. The third-order valence-electron chi connectivity index (χ3n) is 6.21. The summed E-state index contributed by atoms with van der Waals surface area (Å²) >= 11 is 0. The molecule has 1 amide bonds. The number of nitrogens with one attached hydrogen (secondary N) is 1. The van der Waals surface area contributed by atoms with Crippen LogP contribution in [0.25, 0.3) is 0 Å². The van der Waals surface area contributed by atoms with E-state index in [9.17, 15) is 4.79 Å². The first-order valence-corrected chi connectivity index (χ1v) is 9.78. The van der Waals surface area contributed by atoms with Crippen LogP contribution in [-0.4, -0.2) is 57.2 Å². The average molecular weight is 357 g/mol. The van der Waals surface area contributed by atoms with E-state index >= 15 is 0 Å². The van der Waals surface area contributed by atoms with Gasteiger partial charge in [0.05, 0.1) is 39.8 Å². The van der Waals surface area contributed by atoms with Crippen molar-refractivity contribution in [3.63, 3.8) is 0 Å². The number of nitrogens with zero attached hydrogens (tertiary/aromatic N) is 1. The Morgan fingerprint density at radius 1 is 1.12 bits per heavy atom. The van der Waals surface area contributed by atoms with Gasteiger partial charge in [0.1, 0.15) is 11.5 Å². The van der Waals surface area contributed by atoms with Crippen LogP contribution >= 0.6 is 0 Å². The molecule has 0 unspecified atom stereocenters. The lowest BCUT2D eigenvalue weighted by atomic mass is 9.93. The number of ether oxygens (including phenoxy) is 2. The van der Waals surface area contributed by atoms with E-state index < -0.39 is 0 Å². The van der Waals surface area contributed by atoms with Gasteiger partial charge in [-0.15, -0.1) is 0 Å². The topological polar surface area (TPSA) is 43.2 Å². The van der Waals surface area contributed by atoms with Crippen LogP contribution < -0.4 is 14.4 Å². The van der Waals surface area contributed by atoms with Crippen LogP contribution in [0.1, 0.15) is 12.8 Å². The zero-order valence-corrected chi connectivity index (χ0v) is 15.5. The summed E-state index contributed by atoms with van der Waals surface area (Å²) in [5.41, 5.74) is 0. The highest BCUT2D eigenvalue weighted by molar-refractivity contribution is 5.77. The summed E-state index contributed by atoms with van der Waals surface area (Å²) in [6, 6.07) is 7.34. The molecule has 0 spiro atoms. The minimum atomic E-state index is 0.0859. The standard InChI is InChI=1S/C21H28N2O3/c1-25-19-4-6-20(7-5-19)26-15-21(24)23-10-8-22(9-11-23)14-18-13-16-2-3-17(18)12-16/h2-7,16-18H,8-15H2,1H3/p+1/t16-,17+,18-/m1/s1. The number of carbonyl (C=O) groups excluding carboxylic acids is 1. The van der Waals surface area contributed by atoms with Gasteiger partial charge in [0, 0.05) is 5.92 Å². The molecule has 2 bridgehead atoms. The van der Waals surface area contributed by atoms with Crippen molar-refractivity contribution in [2.45, 2.75) is 12.8 Å². The van der Waals surface area contributed by atoms with Gasteiger partial charge in [0.2, 0.25) is 0 Å². The lowest BCUT2D eigenvalue weighted by Crippen LogP contribution is -3.15. The van der Waals surface area contributed by atoms with Gasteiger partial charge in [-0.2, -0.15) is 0 Å². The summed E-state index contributed by atoms with van der Waals surface area (Å²) in [5, 5.41) is 0. The van der Waals surface area contributed by atoms with E-state index in [1.807, 2.05) is 29.2 Å². The number of methoxy groups -OCH3 is 1. The predicted octanol–water partition coefficient (Wildman–Crippen LogP) is 1.01. The highest BCUT2D eigenvalue weighted by Gasteiger charge is 2.38. The minimum Gasteiger partial charge on any atom is -0.497 e. The molecule has 1 N–H and O–H groups in total. The second-order valence-electron chi connectivity index (χ2n) is 7.84. The van der Waals surface area contributed by atoms with Crippen LogP contribution in [-0.2, 0) is 4.79 Å². The van der Waals surface area contributed by atoms with E-state index in [1.165, 1.54) is 19.4 Å². The number of quaternary nitrogens is 1. The Bertz CT molecular complexity index is 650. The molecule has 0 aromatic heterocycles. The summed E-state index contributed by atoms with van der Waals surface area (Å²) in [4.78, 5) is 16.0. The van der Waals surface area contributed by atoms with Crippen LogP contribution in [0.2, 0.25) is 0 Å². The van der Waals surface area contributed by atoms with Crippen LogP contribution in [0.4, 0.5) is 0 Å². The largest absolute Gasteiger partial charge is 0.497 e. The lowest BCUT2D eigenvalue weighted by molar-refractivity contribution is -0.907. The molecule has 1 saturated heterocycles. The third kappa shape index (κ3) is 3.88. The molecule has 1 heterocycles. The normalized spacial score (nSPS) is 27.7. The Morgan fingerprint density at radius 2 is 1.85 bits per heavy atom. The van der Waals surface area contributed by atoms with Crippen LogP contribution in [0.15, 0.2) is 36.4 Å². The second kappa shape index (κ2) is 7.70. The molecule has 3 atom stereocenters. The zero-order chi connectivity index (χ0) is 17.9. The average Bonchev–Trinajstić information content (AvgIpc) is 3.30. The van der Waals surface area contributed by atoms with E-state index in [0.29, 0.717) is 5.75 Å². The van der Waals surface area contributed by atoms with Gasteiger partial charge in [-0.25, -0.2) is 0 Å². The smallest absolute Gasteiger partial charge is 0.260 e. The zero-order valence-electron chi connectivity index (χ0n) is 15.5. The first-order chi connectivity index (χ1) is 12.7. The molecule has 3 aliphatic rings.